The number of alkyl halides is 1. The molecule has 0 unspecified atom stereocenters. The first kappa shape index (κ1) is 12.6. The summed E-state index contributed by atoms with van der Waals surface area (Å²) in [5, 5.41) is 3.01. The van der Waals surface area contributed by atoms with Gasteiger partial charge in [0.25, 0.3) is 0 Å². The van der Waals surface area contributed by atoms with Crippen molar-refractivity contribution < 1.29 is 4.79 Å². The van der Waals surface area contributed by atoms with Crippen molar-refractivity contribution in [3.8, 4) is 0 Å². The molecule has 1 aromatic heterocycles. The zero-order valence-electron chi connectivity index (χ0n) is 11.4. The quantitative estimate of drug-likeness (QED) is 0.846. The zero-order chi connectivity index (χ0) is 13.8. The number of carbonyl (C=O) groups excluding carboxylic acids is 1. The molecule has 1 aromatic rings. The van der Waals surface area contributed by atoms with Gasteiger partial charge < -0.3 is 5.32 Å². The minimum absolute atomic E-state index is 0.120. The molecule has 1 amide bonds. The van der Waals surface area contributed by atoms with Crippen LogP contribution < -0.4 is 5.32 Å². The van der Waals surface area contributed by atoms with Crippen molar-refractivity contribution in [3.05, 3.63) is 24.4 Å². The Morgan fingerprint density at radius 3 is 2.60 bits per heavy atom. The Hall–Kier alpha value is -1.09. The lowest BCUT2D eigenvalue weighted by atomic mass is 9.49. The molecular formula is C16H19ClN2O. The molecule has 4 saturated carbocycles. The fraction of sp³-hybridized carbons (Fsp3) is 0.625. The summed E-state index contributed by atoms with van der Waals surface area (Å²) in [4.78, 5) is 16.9. The highest BCUT2D eigenvalue weighted by molar-refractivity contribution is 6.24. The van der Waals surface area contributed by atoms with Gasteiger partial charge in [-0.05, 0) is 62.5 Å². The highest BCUT2D eigenvalue weighted by atomic mass is 35.5. The van der Waals surface area contributed by atoms with E-state index < -0.39 is 0 Å². The van der Waals surface area contributed by atoms with Crippen LogP contribution in [0.5, 0.6) is 0 Å². The molecule has 20 heavy (non-hydrogen) atoms. The average molecular weight is 291 g/mol. The second kappa shape index (κ2) is 4.20. The van der Waals surface area contributed by atoms with E-state index in [9.17, 15) is 4.79 Å². The van der Waals surface area contributed by atoms with Crippen LogP contribution >= 0.6 is 11.6 Å². The molecule has 106 valence electrons. The van der Waals surface area contributed by atoms with Crippen molar-refractivity contribution in [1.29, 1.82) is 0 Å². The van der Waals surface area contributed by atoms with E-state index in [1.807, 2.05) is 18.2 Å². The minimum atomic E-state index is -0.247. The molecular weight excluding hydrogens is 272 g/mol. The molecule has 4 aliphatic rings. The van der Waals surface area contributed by atoms with Crippen LogP contribution in [0.3, 0.4) is 0 Å². The smallest absolute Gasteiger partial charge is 0.231 e. The Morgan fingerprint density at radius 1 is 1.25 bits per heavy atom. The van der Waals surface area contributed by atoms with Crippen LogP contribution in [0.2, 0.25) is 0 Å². The normalized spacial score (nSPS) is 41.6. The molecule has 4 heteroatoms. The fourth-order valence-corrected chi connectivity index (χ4v) is 5.79. The van der Waals surface area contributed by atoms with E-state index in [0.717, 1.165) is 32.1 Å². The van der Waals surface area contributed by atoms with Crippen LogP contribution in [0.15, 0.2) is 24.4 Å². The molecule has 3 nitrogen and oxygen atoms in total. The zero-order valence-corrected chi connectivity index (χ0v) is 12.2. The number of nitrogens with one attached hydrogen (secondary N) is 1. The average Bonchev–Trinajstić information content (AvgIpc) is 2.37. The molecule has 0 spiro atoms. The van der Waals surface area contributed by atoms with Gasteiger partial charge in [-0.3, -0.25) is 4.79 Å². The summed E-state index contributed by atoms with van der Waals surface area (Å²) < 4.78 is 0. The standard InChI is InChI=1S/C16H19ClN2O/c17-16-8-11-5-12(9-16)7-15(6-11,10-16)14(20)19-13-3-1-2-4-18-13/h1-4,11-12H,5-10H2,(H,18,19,20)/t11-,12-,15?,16?/m1/s1. The molecule has 5 rings (SSSR count). The van der Waals surface area contributed by atoms with E-state index >= 15 is 0 Å². The van der Waals surface area contributed by atoms with Gasteiger partial charge in [0.2, 0.25) is 5.91 Å². The Kier molecular flexibility index (Phi) is 2.65. The number of hydrogen-bond donors (Lipinski definition) is 1. The topological polar surface area (TPSA) is 42.0 Å². The van der Waals surface area contributed by atoms with Gasteiger partial charge in [-0.15, -0.1) is 11.6 Å². The Morgan fingerprint density at radius 2 is 2.00 bits per heavy atom. The Bertz CT molecular complexity index is 531. The first-order valence-electron chi connectivity index (χ1n) is 7.48. The lowest BCUT2D eigenvalue weighted by Gasteiger charge is -2.59. The summed E-state index contributed by atoms with van der Waals surface area (Å²) in [6.07, 6.45) is 8.04. The Balaban J connectivity index is 1.60. The van der Waals surface area contributed by atoms with Crippen LogP contribution in [0, 0.1) is 17.3 Å². The lowest BCUT2D eigenvalue weighted by Crippen LogP contribution is -2.57. The molecule has 0 aromatic carbocycles. The SMILES string of the molecule is O=C(Nc1ccccn1)C12C[C@H]3C[C@@H](CC(Cl)(C3)C1)C2. The molecule has 0 radical (unpaired) electrons. The predicted octanol–water partition coefficient (Wildman–Crippen LogP) is 3.60. The van der Waals surface area contributed by atoms with Crippen LogP contribution in [0.4, 0.5) is 5.82 Å². The van der Waals surface area contributed by atoms with E-state index in [-0.39, 0.29) is 16.2 Å². The number of anilines is 1. The number of halogens is 1. The number of carbonyl (C=O) groups is 1. The molecule has 2 atom stereocenters. The fourth-order valence-electron chi connectivity index (χ4n) is 5.10. The van der Waals surface area contributed by atoms with Crippen molar-refractivity contribution in [2.45, 2.75) is 43.4 Å². The third-order valence-corrected chi connectivity index (χ3v) is 5.82. The summed E-state index contributed by atoms with van der Waals surface area (Å²) >= 11 is 6.77. The number of aromatic nitrogens is 1. The molecule has 1 heterocycles. The molecule has 1 N–H and O–H groups in total. The summed E-state index contributed by atoms with van der Waals surface area (Å²) in [6, 6.07) is 5.59. The number of nitrogens with zero attached hydrogens (tertiary/aromatic N) is 1. The van der Waals surface area contributed by atoms with Crippen LogP contribution in [-0.4, -0.2) is 15.8 Å². The van der Waals surface area contributed by atoms with Crippen molar-refractivity contribution in [1.82, 2.24) is 4.98 Å². The van der Waals surface area contributed by atoms with E-state index in [1.54, 1.807) is 6.20 Å². The highest BCUT2D eigenvalue weighted by Gasteiger charge is 2.60. The first-order chi connectivity index (χ1) is 9.57. The van der Waals surface area contributed by atoms with Crippen molar-refractivity contribution in [2.75, 3.05) is 5.32 Å². The number of amides is 1. The minimum Gasteiger partial charge on any atom is -0.310 e. The molecule has 0 saturated heterocycles. The second-order valence-corrected chi connectivity index (χ2v) is 7.86. The maximum atomic E-state index is 12.8. The van der Waals surface area contributed by atoms with Crippen LogP contribution in [0.25, 0.3) is 0 Å². The van der Waals surface area contributed by atoms with Gasteiger partial charge in [0, 0.05) is 11.1 Å². The van der Waals surface area contributed by atoms with Gasteiger partial charge in [0.15, 0.2) is 0 Å². The van der Waals surface area contributed by atoms with Gasteiger partial charge in [-0.1, -0.05) is 6.07 Å². The first-order valence-corrected chi connectivity index (χ1v) is 7.86. The van der Waals surface area contributed by atoms with Crippen molar-refractivity contribution in [3.63, 3.8) is 0 Å². The van der Waals surface area contributed by atoms with Gasteiger partial charge in [0.1, 0.15) is 5.82 Å². The van der Waals surface area contributed by atoms with Crippen molar-refractivity contribution in [2.24, 2.45) is 17.3 Å². The van der Waals surface area contributed by atoms with Crippen molar-refractivity contribution >= 4 is 23.3 Å². The number of pyridine rings is 1. The van der Waals surface area contributed by atoms with E-state index in [1.165, 1.54) is 6.42 Å². The van der Waals surface area contributed by atoms with E-state index in [0.29, 0.717) is 17.7 Å². The summed E-state index contributed by atoms with van der Waals surface area (Å²) in [7, 11) is 0. The summed E-state index contributed by atoms with van der Waals surface area (Å²) in [5.41, 5.74) is -0.247. The molecule has 0 aliphatic heterocycles. The predicted molar refractivity (Wildman–Crippen MR) is 78.6 cm³/mol. The van der Waals surface area contributed by atoms with Gasteiger partial charge in [-0.2, -0.15) is 0 Å². The Labute approximate surface area is 124 Å². The highest BCUT2D eigenvalue weighted by Crippen LogP contribution is 2.63. The molecule has 4 bridgehead atoms. The van der Waals surface area contributed by atoms with Gasteiger partial charge in [-0.25, -0.2) is 4.98 Å². The van der Waals surface area contributed by atoms with E-state index in [2.05, 4.69) is 10.3 Å². The monoisotopic (exact) mass is 290 g/mol. The van der Waals surface area contributed by atoms with Gasteiger partial charge in [0.05, 0.1) is 5.41 Å². The summed E-state index contributed by atoms with van der Waals surface area (Å²) in [6.45, 7) is 0. The largest absolute Gasteiger partial charge is 0.310 e. The number of hydrogen-bond acceptors (Lipinski definition) is 2. The third kappa shape index (κ3) is 1.95. The van der Waals surface area contributed by atoms with Crippen LogP contribution in [-0.2, 0) is 4.79 Å². The number of rotatable bonds is 2. The summed E-state index contributed by atoms with van der Waals surface area (Å²) in [5.74, 6) is 2.07. The van der Waals surface area contributed by atoms with E-state index in [4.69, 9.17) is 11.6 Å². The van der Waals surface area contributed by atoms with Crippen LogP contribution in [0.1, 0.15) is 38.5 Å². The third-order valence-electron chi connectivity index (χ3n) is 5.38. The maximum absolute atomic E-state index is 12.8. The second-order valence-electron chi connectivity index (χ2n) is 7.06. The van der Waals surface area contributed by atoms with Gasteiger partial charge >= 0.3 is 0 Å². The molecule has 4 aliphatic carbocycles. The maximum Gasteiger partial charge on any atom is 0.231 e. The molecule has 4 fully saturated rings. The lowest BCUT2D eigenvalue weighted by molar-refractivity contribution is -0.138.